The summed E-state index contributed by atoms with van der Waals surface area (Å²) in [6, 6.07) is 10.0. The molecule has 0 bridgehead atoms. The maximum atomic E-state index is 13.0. The number of amides is 2. The van der Waals surface area contributed by atoms with Crippen molar-refractivity contribution in [1.82, 2.24) is 19.4 Å². The Balaban J connectivity index is 1.50. The van der Waals surface area contributed by atoms with Crippen molar-refractivity contribution in [2.45, 2.75) is 38.3 Å². The number of carbonyl (C=O) groups is 2. The van der Waals surface area contributed by atoms with Crippen molar-refractivity contribution >= 4 is 22.8 Å². The highest BCUT2D eigenvalue weighted by Crippen LogP contribution is 2.25. The Morgan fingerprint density at radius 2 is 1.80 bits per heavy atom. The summed E-state index contributed by atoms with van der Waals surface area (Å²) in [6.45, 7) is 6.01. The van der Waals surface area contributed by atoms with Crippen molar-refractivity contribution < 1.29 is 18.5 Å². The summed E-state index contributed by atoms with van der Waals surface area (Å²) in [5.74, 6) is 0.164. The van der Waals surface area contributed by atoms with E-state index in [-0.39, 0.29) is 24.9 Å². The summed E-state index contributed by atoms with van der Waals surface area (Å²) in [7, 11) is 5.55. The standard InChI is InChI=1S/C26H36N4O4S/c1-18-11-23(34-6)12-19(2)26(18)35(33)30(5)17-24(31)27-14-25(32)29(4)15-20-7-8-22-16-28(3)10-9-21(22)13-20/h7-8,11-13H,9-10,14-17H2,1-6H3,(H,27,31). The van der Waals surface area contributed by atoms with Gasteiger partial charge in [-0.25, -0.2) is 8.51 Å². The van der Waals surface area contributed by atoms with Crippen molar-refractivity contribution in [2.24, 2.45) is 0 Å². The van der Waals surface area contributed by atoms with Gasteiger partial charge in [0, 0.05) is 33.7 Å². The molecule has 1 unspecified atom stereocenters. The lowest BCUT2D eigenvalue weighted by Crippen LogP contribution is -2.42. The zero-order chi connectivity index (χ0) is 25.7. The molecule has 8 nitrogen and oxygen atoms in total. The van der Waals surface area contributed by atoms with Crippen LogP contribution in [0.25, 0.3) is 0 Å². The van der Waals surface area contributed by atoms with Crippen LogP contribution < -0.4 is 10.1 Å². The number of nitrogens with zero attached hydrogens (tertiary/aromatic N) is 3. The summed E-state index contributed by atoms with van der Waals surface area (Å²) in [6.07, 6.45) is 1.01. The molecule has 3 rings (SSSR count). The lowest BCUT2D eigenvalue weighted by molar-refractivity contribution is -0.132. The van der Waals surface area contributed by atoms with E-state index in [9.17, 15) is 13.8 Å². The van der Waals surface area contributed by atoms with Crippen molar-refractivity contribution in [2.75, 3.05) is 47.9 Å². The molecule has 0 aromatic heterocycles. The van der Waals surface area contributed by atoms with Crippen LogP contribution in [0.1, 0.15) is 27.8 Å². The Labute approximate surface area is 210 Å². The third kappa shape index (κ3) is 6.90. The number of likely N-dealkylation sites (N-methyl/N-ethyl adjacent to an activating group) is 3. The second kappa shape index (κ2) is 11.8. The quantitative estimate of drug-likeness (QED) is 0.570. The molecule has 2 aromatic rings. The van der Waals surface area contributed by atoms with Crippen LogP contribution in [0.2, 0.25) is 0 Å². The van der Waals surface area contributed by atoms with Gasteiger partial charge in [-0.3, -0.25) is 9.59 Å². The van der Waals surface area contributed by atoms with E-state index in [0.717, 1.165) is 36.2 Å². The molecule has 2 amide bonds. The van der Waals surface area contributed by atoms with Crippen LogP contribution in [-0.2, 0) is 40.1 Å². The predicted molar refractivity (Wildman–Crippen MR) is 137 cm³/mol. The van der Waals surface area contributed by atoms with E-state index in [0.29, 0.717) is 17.2 Å². The second-order valence-electron chi connectivity index (χ2n) is 9.24. The van der Waals surface area contributed by atoms with Crippen LogP contribution in [0.4, 0.5) is 0 Å². The Hall–Kier alpha value is -2.75. The minimum atomic E-state index is -1.52. The van der Waals surface area contributed by atoms with E-state index in [1.807, 2.05) is 26.0 Å². The Kier molecular flexibility index (Phi) is 9.04. The molecule has 1 atom stereocenters. The van der Waals surface area contributed by atoms with Crippen LogP contribution in [0.5, 0.6) is 5.75 Å². The average Bonchev–Trinajstić information content (AvgIpc) is 2.81. The van der Waals surface area contributed by atoms with Gasteiger partial charge in [-0.1, -0.05) is 18.2 Å². The minimum absolute atomic E-state index is 0.0895. The molecule has 0 aliphatic carbocycles. The lowest BCUT2D eigenvalue weighted by atomic mass is 9.97. The number of benzene rings is 2. The number of ether oxygens (including phenoxy) is 1. The fourth-order valence-corrected chi connectivity index (χ4v) is 5.51. The third-order valence-corrected chi connectivity index (χ3v) is 7.94. The molecule has 190 valence electrons. The number of aryl methyl sites for hydroxylation is 2. The van der Waals surface area contributed by atoms with Crippen LogP contribution >= 0.6 is 0 Å². The van der Waals surface area contributed by atoms with Gasteiger partial charge in [0.2, 0.25) is 11.8 Å². The van der Waals surface area contributed by atoms with Crippen molar-refractivity contribution in [3.05, 3.63) is 58.1 Å². The molecule has 35 heavy (non-hydrogen) atoms. The van der Waals surface area contributed by atoms with Gasteiger partial charge in [-0.15, -0.1) is 0 Å². The highest BCUT2D eigenvalue weighted by atomic mass is 32.2. The zero-order valence-corrected chi connectivity index (χ0v) is 22.3. The maximum absolute atomic E-state index is 13.0. The minimum Gasteiger partial charge on any atom is -0.497 e. The molecule has 1 aliphatic heterocycles. The van der Waals surface area contributed by atoms with Gasteiger partial charge >= 0.3 is 0 Å². The van der Waals surface area contributed by atoms with Gasteiger partial charge in [0.15, 0.2) is 0 Å². The highest BCUT2D eigenvalue weighted by Gasteiger charge is 2.20. The normalized spacial score (nSPS) is 14.4. The average molecular weight is 501 g/mol. The number of fused-ring (bicyclic) bond motifs is 1. The zero-order valence-electron chi connectivity index (χ0n) is 21.5. The van der Waals surface area contributed by atoms with Crippen LogP contribution in [0.3, 0.4) is 0 Å². The molecule has 0 radical (unpaired) electrons. The molecule has 0 saturated heterocycles. The monoisotopic (exact) mass is 500 g/mol. The molecule has 0 spiro atoms. The first kappa shape index (κ1) is 26.8. The van der Waals surface area contributed by atoms with Gasteiger partial charge in [-0.2, -0.15) is 0 Å². The molecular formula is C26H36N4O4S. The molecule has 1 aliphatic rings. The molecular weight excluding hydrogens is 464 g/mol. The van der Waals surface area contributed by atoms with Gasteiger partial charge in [0.25, 0.3) is 0 Å². The van der Waals surface area contributed by atoms with Crippen LogP contribution in [0, 0.1) is 13.8 Å². The highest BCUT2D eigenvalue weighted by molar-refractivity contribution is 7.82. The maximum Gasteiger partial charge on any atom is 0.242 e. The van der Waals surface area contributed by atoms with E-state index in [4.69, 9.17) is 4.74 Å². The molecule has 1 N–H and O–H groups in total. The van der Waals surface area contributed by atoms with E-state index in [2.05, 4.69) is 35.5 Å². The first-order chi connectivity index (χ1) is 16.6. The van der Waals surface area contributed by atoms with Crippen molar-refractivity contribution in [3.8, 4) is 5.75 Å². The van der Waals surface area contributed by atoms with Crippen LogP contribution in [-0.4, -0.2) is 78.0 Å². The Bertz CT molecular complexity index is 1100. The summed E-state index contributed by atoms with van der Waals surface area (Å²) in [4.78, 5) is 29.6. The topological polar surface area (TPSA) is 82.2 Å². The number of nitrogens with one attached hydrogen (secondary N) is 1. The summed E-state index contributed by atoms with van der Waals surface area (Å²) in [5, 5.41) is 2.66. The first-order valence-electron chi connectivity index (χ1n) is 11.7. The molecule has 1 heterocycles. The summed E-state index contributed by atoms with van der Waals surface area (Å²) < 4.78 is 19.8. The number of methoxy groups -OCH3 is 1. The number of hydrogen-bond donors (Lipinski definition) is 1. The Morgan fingerprint density at radius 3 is 2.46 bits per heavy atom. The second-order valence-corrected chi connectivity index (χ2v) is 10.8. The fourth-order valence-electron chi connectivity index (χ4n) is 4.29. The van der Waals surface area contributed by atoms with Gasteiger partial charge in [0.1, 0.15) is 16.7 Å². The molecule has 2 aromatic carbocycles. The molecule has 0 saturated carbocycles. The smallest absolute Gasteiger partial charge is 0.242 e. The first-order valence-corrected chi connectivity index (χ1v) is 12.8. The van der Waals surface area contributed by atoms with Gasteiger partial charge in [-0.05, 0) is 67.3 Å². The predicted octanol–water partition coefficient (Wildman–Crippen LogP) is 2.03. The van der Waals surface area contributed by atoms with E-state index < -0.39 is 11.0 Å². The fraction of sp³-hybridized carbons (Fsp3) is 0.462. The largest absolute Gasteiger partial charge is 0.497 e. The number of carbonyl (C=O) groups excluding carboxylic acids is 2. The van der Waals surface area contributed by atoms with Crippen LogP contribution in [0.15, 0.2) is 35.2 Å². The molecule has 9 heteroatoms. The SMILES string of the molecule is COc1cc(C)c(S(=O)N(C)CC(=O)NCC(=O)N(C)Cc2ccc3c(c2)CCN(C)C3)c(C)c1. The third-order valence-electron chi connectivity index (χ3n) is 6.25. The summed E-state index contributed by atoms with van der Waals surface area (Å²) in [5.41, 5.74) is 5.42. The van der Waals surface area contributed by atoms with Crippen molar-refractivity contribution in [1.29, 1.82) is 0 Å². The van der Waals surface area contributed by atoms with Gasteiger partial charge < -0.3 is 19.9 Å². The van der Waals surface area contributed by atoms with Crippen molar-refractivity contribution in [3.63, 3.8) is 0 Å². The van der Waals surface area contributed by atoms with E-state index >= 15 is 0 Å². The number of rotatable bonds is 9. The van der Waals surface area contributed by atoms with E-state index in [1.165, 1.54) is 15.4 Å². The summed E-state index contributed by atoms with van der Waals surface area (Å²) >= 11 is 0. The lowest BCUT2D eigenvalue weighted by Gasteiger charge is -2.26. The molecule has 0 fully saturated rings. The van der Waals surface area contributed by atoms with Gasteiger partial charge in [0.05, 0.1) is 25.1 Å². The number of hydrogen-bond acceptors (Lipinski definition) is 5. The Morgan fingerprint density at radius 1 is 1.11 bits per heavy atom. The van der Waals surface area contributed by atoms with E-state index in [1.54, 1.807) is 26.1 Å².